The van der Waals surface area contributed by atoms with E-state index < -0.39 is 11.7 Å². The summed E-state index contributed by atoms with van der Waals surface area (Å²) in [5.74, 6) is 1.11. The van der Waals surface area contributed by atoms with Gasteiger partial charge in [0.05, 0.1) is 15.6 Å². The van der Waals surface area contributed by atoms with E-state index in [9.17, 15) is 13.2 Å². The Morgan fingerprint density at radius 2 is 1.67 bits per heavy atom. The Labute approximate surface area is 202 Å². The molecular formula is C23H16Cl2F3N3OS. The number of hydrogen-bond acceptors (Lipinski definition) is 4. The van der Waals surface area contributed by atoms with Gasteiger partial charge < -0.3 is 4.74 Å². The summed E-state index contributed by atoms with van der Waals surface area (Å²) in [5, 5.41) is 10.0. The van der Waals surface area contributed by atoms with E-state index in [1.165, 1.54) is 23.9 Å². The third-order valence-electron chi connectivity index (χ3n) is 4.60. The maximum atomic E-state index is 13.0. The van der Waals surface area contributed by atoms with Gasteiger partial charge in [0.25, 0.3) is 0 Å². The van der Waals surface area contributed by atoms with Crippen LogP contribution in [0.25, 0.3) is 5.69 Å². The van der Waals surface area contributed by atoms with Gasteiger partial charge in [0.1, 0.15) is 12.4 Å². The molecule has 170 valence electrons. The highest BCUT2D eigenvalue weighted by molar-refractivity contribution is 7.98. The third kappa shape index (κ3) is 5.82. The van der Waals surface area contributed by atoms with Gasteiger partial charge in [0.2, 0.25) is 0 Å². The highest BCUT2D eigenvalue weighted by Gasteiger charge is 2.30. The van der Waals surface area contributed by atoms with Gasteiger partial charge in [0.15, 0.2) is 11.0 Å². The summed E-state index contributed by atoms with van der Waals surface area (Å²) < 4.78 is 46.4. The van der Waals surface area contributed by atoms with Gasteiger partial charge in [-0.15, -0.1) is 10.2 Å². The Morgan fingerprint density at radius 3 is 2.39 bits per heavy atom. The Morgan fingerprint density at radius 1 is 0.879 bits per heavy atom. The maximum Gasteiger partial charge on any atom is 0.416 e. The fraction of sp³-hybridized carbons (Fsp3) is 0.130. The molecule has 0 fully saturated rings. The number of para-hydroxylation sites is 1. The molecule has 33 heavy (non-hydrogen) atoms. The van der Waals surface area contributed by atoms with Crippen molar-refractivity contribution in [2.75, 3.05) is 0 Å². The lowest BCUT2D eigenvalue weighted by Crippen LogP contribution is -2.08. The number of ether oxygens (including phenoxy) is 1. The van der Waals surface area contributed by atoms with Crippen LogP contribution in [0.3, 0.4) is 0 Å². The first kappa shape index (κ1) is 23.5. The van der Waals surface area contributed by atoms with Gasteiger partial charge in [-0.3, -0.25) is 4.57 Å². The molecule has 4 aromatic rings. The van der Waals surface area contributed by atoms with E-state index in [2.05, 4.69) is 10.2 Å². The number of rotatable bonds is 7. The lowest BCUT2D eigenvalue weighted by atomic mass is 10.2. The van der Waals surface area contributed by atoms with Crippen molar-refractivity contribution in [2.45, 2.75) is 23.7 Å². The van der Waals surface area contributed by atoms with Crippen LogP contribution in [0, 0.1) is 0 Å². The quantitative estimate of drug-likeness (QED) is 0.242. The van der Waals surface area contributed by atoms with Gasteiger partial charge in [0, 0.05) is 11.4 Å². The van der Waals surface area contributed by atoms with Gasteiger partial charge in [-0.1, -0.05) is 65.3 Å². The molecule has 4 nitrogen and oxygen atoms in total. The normalized spacial score (nSPS) is 11.5. The first-order valence-electron chi connectivity index (χ1n) is 9.68. The molecule has 1 heterocycles. The number of benzene rings is 3. The molecule has 0 aliphatic heterocycles. The standard InChI is InChI=1S/C23H16Cl2F3N3OS/c24-19-10-9-15(11-20(19)25)14-33-22-30-29-21(31(22)17-6-2-1-3-7-17)13-32-18-8-4-5-16(12-18)23(26,27)28/h1-12H,13-14H2. The molecule has 0 amide bonds. The van der Waals surface area contributed by atoms with Gasteiger partial charge >= 0.3 is 6.18 Å². The summed E-state index contributed by atoms with van der Waals surface area (Å²) in [4.78, 5) is 0. The molecule has 0 aliphatic carbocycles. The second-order valence-electron chi connectivity index (χ2n) is 6.92. The predicted molar refractivity (Wildman–Crippen MR) is 123 cm³/mol. The van der Waals surface area contributed by atoms with Crippen molar-refractivity contribution in [1.82, 2.24) is 14.8 Å². The van der Waals surface area contributed by atoms with Crippen LogP contribution in [-0.2, 0) is 18.5 Å². The first-order valence-corrected chi connectivity index (χ1v) is 11.4. The van der Waals surface area contributed by atoms with Crippen LogP contribution >= 0.6 is 35.0 Å². The SMILES string of the molecule is FC(F)(F)c1cccc(OCc2nnc(SCc3ccc(Cl)c(Cl)c3)n2-c2ccccc2)c1. The third-order valence-corrected chi connectivity index (χ3v) is 6.34. The van der Waals surface area contributed by atoms with E-state index in [0.717, 1.165) is 23.4 Å². The lowest BCUT2D eigenvalue weighted by molar-refractivity contribution is -0.137. The fourth-order valence-corrected chi connectivity index (χ4v) is 4.25. The molecule has 0 aliphatic rings. The van der Waals surface area contributed by atoms with Gasteiger partial charge in [-0.2, -0.15) is 13.2 Å². The molecule has 0 saturated heterocycles. The Balaban J connectivity index is 1.57. The van der Waals surface area contributed by atoms with E-state index >= 15 is 0 Å². The molecule has 3 aromatic carbocycles. The monoisotopic (exact) mass is 509 g/mol. The maximum absolute atomic E-state index is 13.0. The zero-order chi connectivity index (χ0) is 23.4. The summed E-state index contributed by atoms with van der Waals surface area (Å²) in [6.45, 7) is -0.0590. The van der Waals surface area contributed by atoms with Crippen LogP contribution in [0.4, 0.5) is 13.2 Å². The van der Waals surface area contributed by atoms with Crippen LogP contribution in [0.15, 0.2) is 78.0 Å². The Bertz CT molecular complexity index is 1250. The molecular weight excluding hydrogens is 494 g/mol. The topological polar surface area (TPSA) is 39.9 Å². The van der Waals surface area contributed by atoms with E-state index in [1.807, 2.05) is 41.0 Å². The molecule has 0 unspecified atom stereocenters. The fourth-order valence-electron chi connectivity index (χ4n) is 3.01. The van der Waals surface area contributed by atoms with Crippen molar-refractivity contribution < 1.29 is 17.9 Å². The average Bonchev–Trinajstić information content (AvgIpc) is 3.21. The molecule has 1 aromatic heterocycles. The average molecular weight is 510 g/mol. The summed E-state index contributed by atoms with van der Waals surface area (Å²) in [6.07, 6.45) is -4.45. The van der Waals surface area contributed by atoms with Crippen LogP contribution < -0.4 is 4.74 Å². The molecule has 0 N–H and O–H groups in total. The number of halogens is 5. The Kier molecular flexibility index (Phi) is 7.17. The second kappa shape index (κ2) is 10.1. The zero-order valence-corrected chi connectivity index (χ0v) is 19.2. The summed E-state index contributed by atoms with van der Waals surface area (Å²) in [6, 6.07) is 19.5. The van der Waals surface area contributed by atoms with Crippen molar-refractivity contribution in [2.24, 2.45) is 0 Å². The molecule has 0 atom stereocenters. The first-order chi connectivity index (χ1) is 15.8. The number of alkyl halides is 3. The second-order valence-corrected chi connectivity index (χ2v) is 8.68. The summed E-state index contributed by atoms with van der Waals surface area (Å²) >= 11 is 13.5. The lowest BCUT2D eigenvalue weighted by Gasteiger charge is -2.12. The van der Waals surface area contributed by atoms with E-state index in [1.54, 1.807) is 12.1 Å². The predicted octanol–water partition coefficient (Wildman–Crippen LogP) is 7.46. The minimum atomic E-state index is -4.45. The number of thioether (sulfide) groups is 1. The van der Waals surface area contributed by atoms with E-state index in [0.29, 0.717) is 26.8 Å². The van der Waals surface area contributed by atoms with E-state index in [4.69, 9.17) is 27.9 Å². The number of hydrogen-bond donors (Lipinski definition) is 0. The molecule has 4 rings (SSSR count). The van der Waals surface area contributed by atoms with Crippen molar-refractivity contribution >= 4 is 35.0 Å². The number of aromatic nitrogens is 3. The van der Waals surface area contributed by atoms with Crippen LogP contribution in [-0.4, -0.2) is 14.8 Å². The van der Waals surface area contributed by atoms with Crippen molar-refractivity contribution in [3.63, 3.8) is 0 Å². The minimum Gasteiger partial charge on any atom is -0.486 e. The molecule has 10 heteroatoms. The molecule has 0 spiro atoms. The summed E-state index contributed by atoms with van der Waals surface area (Å²) in [7, 11) is 0. The smallest absolute Gasteiger partial charge is 0.416 e. The van der Waals surface area contributed by atoms with E-state index in [-0.39, 0.29) is 12.4 Å². The number of nitrogens with zero attached hydrogens (tertiary/aromatic N) is 3. The highest BCUT2D eigenvalue weighted by atomic mass is 35.5. The molecule has 0 saturated carbocycles. The summed E-state index contributed by atoms with van der Waals surface area (Å²) in [5.41, 5.74) is 0.989. The van der Waals surface area contributed by atoms with Gasteiger partial charge in [-0.25, -0.2) is 0 Å². The molecule has 0 radical (unpaired) electrons. The highest BCUT2D eigenvalue weighted by Crippen LogP contribution is 2.32. The van der Waals surface area contributed by atoms with Crippen LogP contribution in [0.1, 0.15) is 17.0 Å². The van der Waals surface area contributed by atoms with Crippen molar-refractivity contribution in [1.29, 1.82) is 0 Å². The van der Waals surface area contributed by atoms with Crippen LogP contribution in [0.2, 0.25) is 10.0 Å². The largest absolute Gasteiger partial charge is 0.486 e. The van der Waals surface area contributed by atoms with Crippen LogP contribution in [0.5, 0.6) is 5.75 Å². The van der Waals surface area contributed by atoms with Crippen molar-refractivity contribution in [3.8, 4) is 11.4 Å². The molecule has 0 bridgehead atoms. The van der Waals surface area contributed by atoms with Gasteiger partial charge in [-0.05, 0) is 48.0 Å². The zero-order valence-electron chi connectivity index (χ0n) is 16.9. The van der Waals surface area contributed by atoms with Crippen molar-refractivity contribution in [3.05, 3.63) is 99.8 Å². The Hall–Kier alpha value is -2.68. The minimum absolute atomic E-state index is 0.0590.